The van der Waals surface area contributed by atoms with Gasteiger partial charge in [0.15, 0.2) is 5.78 Å². The van der Waals surface area contributed by atoms with Gasteiger partial charge in [0.2, 0.25) is 0 Å². The average molecular weight is 344 g/mol. The fourth-order valence-electron chi connectivity index (χ4n) is 2.57. The number of hydrogen-bond donors (Lipinski definition) is 0. The van der Waals surface area contributed by atoms with Gasteiger partial charge in [0.1, 0.15) is 18.1 Å². The third-order valence-electron chi connectivity index (χ3n) is 3.91. The standard InChI is InChI=1S/C23H20O3/c1-25-20-14-15-21(23(24)19-12-6-3-7-13-19)22(17-20)26-16-8-11-18-9-4-2-5-10-18/h2-15,17H,16H2,1H3. The number of carbonyl (C=O) groups excluding carboxylic acids is 1. The van der Waals surface area contributed by atoms with Gasteiger partial charge in [-0.1, -0.05) is 66.7 Å². The third kappa shape index (κ3) is 4.39. The summed E-state index contributed by atoms with van der Waals surface area (Å²) in [4.78, 5) is 12.8. The quantitative estimate of drug-likeness (QED) is 0.565. The van der Waals surface area contributed by atoms with Gasteiger partial charge in [0.05, 0.1) is 12.7 Å². The Balaban J connectivity index is 1.78. The molecule has 0 N–H and O–H groups in total. The summed E-state index contributed by atoms with van der Waals surface area (Å²) in [6.45, 7) is 0.358. The molecule has 0 spiro atoms. The highest BCUT2D eigenvalue weighted by Crippen LogP contribution is 2.27. The topological polar surface area (TPSA) is 35.5 Å². The van der Waals surface area contributed by atoms with Crippen molar-refractivity contribution >= 4 is 11.9 Å². The van der Waals surface area contributed by atoms with E-state index in [-0.39, 0.29) is 5.78 Å². The Morgan fingerprint density at radius 1 is 0.923 bits per heavy atom. The van der Waals surface area contributed by atoms with Crippen molar-refractivity contribution < 1.29 is 14.3 Å². The van der Waals surface area contributed by atoms with Crippen molar-refractivity contribution in [3.63, 3.8) is 0 Å². The van der Waals surface area contributed by atoms with Gasteiger partial charge in [-0.25, -0.2) is 0 Å². The first-order chi connectivity index (χ1) is 12.8. The number of benzene rings is 3. The van der Waals surface area contributed by atoms with Crippen molar-refractivity contribution in [2.24, 2.45) is 0 Å². The van der Waals surface area contributed by atoms with E-state index in [1.54, 1.807) is 37.4 Å². The van der Waals surface area contributed by atoms with Crippen molar-refractivity contribution in [2.45, 2.75) is 0 Å². The maximum absolute atomic E-state index is 12.8. The molecule has 0 aromatic heterocycles. The van der Waals surface area contributed by atoms with Crippen molar-refractivity contribution in [3.05, 3.63) is 102 Å². The minimum Gasteiger partial charge on any atom is -0.497 e. The maximum Gasteiger partial charge on any atom is 0.196 e. The second kappa shape index (κ2) is 8.67. The second-order valence-electron chi connectivity index (χ2n) is 5.68. The largest absolute Gasteiger partial charge is 0.497 e. The van der Waals surface area contributed by atoms with Crippen molar-refractivity contribution in [1.29, 1.82) is 0 Å². The summed E-state index contributed by atoms with van der Waals surface area (Å²) in [5.41, 5.74) is 2.25. The van der Waals surface area contributed by atoms with Crippen LogP contribution in [0.5, 0.6) is 11.5 Å². The van der Waals surface area contributed by atoms with E-state index in [0.29, 0.717) is 29.2 Å². The lowest BCUT2D eigenvalue weighted by Gasteiger charge is -2.11. The van der Waals surface area contributed by atoms with Crippen LogP contribution in [0, 0.1) is 0 Å². The SMILES string of the molecule is COc1ccc(C(=O)c2ccccc2)c(OCC=Cc2ccccc2)c1. The fourth-order valence-corrected chi connectivity index (χ4v) is 2.57. The zero-order chi connectivity index (χ0) is 18.2. The second-order valence-corrected chi connectivity index (χ2v) is 5.68. The highest BCUT2D eigenvalue weighted by Gasteiger charge is 2.15. The molecule has 0 aliphatic carbocycles. The van der Waals surface area contributed by atoms with Crippen LogP contribution in [0.25, 0.3) is 6.08 Å². The minimum atomic E-state index is -0.0738. The molecule has 3 heteroatoms. The van der Waals surface area contributed by atoms with Gasteiger partial charge in [-0.05, 0) is 23.8 Å². The summed E-state index contributed by atoms with van der Waals surface area (Å²) in [5, 5.41) is 0. The first-order valence-electron chi connectivity index (χ1n) is 8.40. The Morgan fingerprint density at radius 2 is 1.62 bits per heavy atom. The van der Waals surface area contributed by atoms with Crippen molar-refractivity contribution in [1.82, 2.24) is 0 Å². The Hall–Kier alpha value is -3.33. The summed E-state index contributed by atoms with van der Waals surface area (Å²) in [7, 11) is 1.59. The van der Waals surface area contributed by atoms with E-state index in [2.05, 4.69) is 0 Å². The normalized spacial score (nSPS) is 10.7. The lowest BCUT2D eigenvalue weighted by molar-refractivity contribution is 0.103. The molecule has 0 saturated carbocycles. The van der Waals surface area contributed by atoms with Crippen molar-refractivity contribution in [2.75, 3.05) is 13.7 Å². The number of methoxy groups -OCH3 is 1. The predicted molar refractivity (Wildman–Crippen MR) is 104 cm³/mol. The fraction of sp³-hybridized carbons (Fsp3) is 0.0870. The van der Waals surface area contributed by atoms with E-state index in [1.165, 1.54) is 0 Å². The Morgan fingerprint density at radius 3 is 2.31 bits per heavy atom. The molecule has 0 aliphatic heterocycles. The van der Waals surface area contributed by atoms with Crippen LogP contribution in [0.15, 0.2) is 84.9 Å². The zero-order valence-corrected chi connectivity index (χ0v) is 14.6. The van der Waals surface area contributed by atoms with E-state index in [9.17, 15) is 4.79 Å². The van der Waals surface area contributed by atoms with E-state index < -0.39 is 0 Å². The Kier molecular flexibility index (Phi) is 5.84. The van der Waals surface area contributed by atoms with Crippen molar-refractivity contribution in [3.8, 4) is 11.5 Å². The molecule has 0 fully saturated rings. The summed E-state index contributed by atoms with van der Waals surface area (Å²) in [6, 6.07) is 24.4. The summed E-state index contributed by atoms with van der Waals surface area (Å²) in [6.07, 6.45) is 3.91. The van der Waals surface area contributed by atoms with Crippen LogP contribution < -0.4 is 9.47 Å². The van der Waals surface area contributed by atoms with Crippen LogP contribution in [0.2, 0.25) is 0 Å². The van der Waals surface area contributed by atoms with Gasteiger partial charge in [0.25, 0.3) is 0 Å². The predicted octanol–water partition coefficient (Wildman–Crippen LogP) is 5.02. The molecule has 0 bridgehead atoms. The molecule has 3 aromatic rings. The molecule has 0 radical (unpaired) electrons. The highest BCUT2D eigenvalue weighted by molar-refractivity contribution is 6.10. The number of ether oxygens (including phenoxy) is 2. The molecule has 0 aliphatic rings. The smallest absolute Gasteiger partial charge is 0.196 e. The molecule has 0 heterocycles. The van der Waals surface area contributed by atoms with E-state index in [4.69, 9.17) is 9.47 Å². The lowest BCUT2D eigenvalue weighted by atomic mass is 10.0. The third-order valence-corrected chi connectivity index (χ3v) is 3.91. The van der Waals surface area contributed by atoms with Gasteiger partial charge in [0, 0.05) is 11.6 Å². The number of rotatable bonds is 7. The number of ketones is 1. The first kappa shape index (κ1) is 17.5. The summed E-state index contributed by atoms with van der Waals surface area (Å²) >= 11 is 0. The van der Waals surface area contributed by atoms with Gasteiger partial charge in [-0.2, -0.15) is 0 Å². The zero-order valence-electron chi connectivity index (χ0n) is 14.6. The molecule has 0 unspecified atom stereocenters. The highest BCUT2D eigenvalue weighted by atomic mass is 16.5. The van der Waals surface area contributed by atoms with Crippen LogP contribution in [0.3, 0.4) is 0 Å². The average Bonchev–Trinajstić information content (AvgIpc) is 2.72. The molecule has 3 rings (SSSR count). The summed E-state index contributed by atoms with van der Waals surface area (Å²) in [5.74, 6) is 1.09. The number of carbonyl (C=O) groups is 1. The van der Waals surface area contributed by atoms with Gasteiger partial charge in [-0.15, -0.1) is 0 Å². The van der Waals surface area contributed by atoms with Crippen LogP contribution in [-0.4, -0.2) is 19.5 Å². The number of hydrogen-bond acceptors (Lipinski definition) is 3. The maximum atomic E-state index is 12.8. The van der Waals surface area contributed by atoms with Gasteiger partial charge in [-0.3, -0.25) is 4.79 Å². The monoisotopic (exact) mass is 344 g/mol. The molecular formula is C23H20O3. The van der Waals surface area contributed by atoms with Crippen LogP contribution in [0.4, 0.5) is 0 Å². The Bertz CT molecular complexity index is 884. The Labute approximate surface area is 153 Å². The van der Waals surface area contributed by atoms with Gasteiger partial charge < -0.3 is 9.47 Å². The van der Waals surface area contributed by atoms with E-state index in [1.807, 2.05) is 60.7 Å². The minimum absolute atomic E-state index is 0.0738. The molecule has 26 heavy (non-hydrogen) atoms. The molecule has 130 valence electrons. The molecular weight excluding hydrogens is 324 g/mol. The first-order valence-corrected chi connectivity index (χ1v) is 8.40. The molecule has 3 nitrogen and oxygen atoms in total. The molecule has 3 aromatic carbocycles. The van der Waals surface area contributed by atoms with Crippen LogP contribution in [0.1, 0.15) is 21.5 Å². The van der Waals surface area contributed by atoms with E-state index in [0.717, 1.165) is 5.56 Å². The molecule has 0 amide bonds. The van der Waals surface area contributed by atoms with Gasteiger partial charge >= 0.3 is 0 Å². The molecule has 0 saturated heterocycles. The molecule has 0 atom stereocenters. The summed E-state index contributed by atoms with van der Waals surface area (Å²) < 4.78 is 11.1. The lowest BCUT2D eigenvalue weighted by Crippen LogP contribution is -2.06. The van der Waals surface area contributed by atoms with E-state index >= 15 is 0 Å². The van der Waals surface area contributed by atoms with Crippen LogP contribution >= 0.6 is 0 Å². The van der Waals surface area contributed by atoms with Crippen LogP contribution in [-0.2, 0) is 0 Å².